The minimum absolute atomic E-state index is 0.160. The van der Waals surface area contributed by atoms with Crippen molar-refractivity contribution < 1.29 is 4.39 Å². The third-order valence-electron chi connectivity index (χ3n) is 4.69. The molecule has 0 unspecified atom stereocenters. The van der Waals surface area contributed by atoms with Gasteiger partial charge in [0, 0.05) is 24.2 Å². The van der Waals surface area contributed by atoms with Crippen molar-refractivity contribution in [2.75, 3.05) is 6.54 Å². The molecule has 2 heterocycles. The van der Waals surface area contributed by atoms with Crippen LogP contribution < -0.4 is 0 Å². The Hall–Kier alpha value is -2.09. The molecule has 1 saturated heterocycles. The Morgan fingerprint density at radius 1 is 0.952 bits per heavy atom. The molecule has 0 radical (unpaired) electrons. The highest BCUT2D eigenvalue weighted by atomic mass is 19.1. The van der Waals surface area contributed by atoms with E-state index in [1.165, 1.54) is 29.7 Å². The lowest BCUT2D eigenvalue weighted by molar-refractivity contribution is 0.373. The first kappa shape index (κ1) is 12.6. The summed E-state index contributed by atoms with van der Waals surface area (Å²) >= 11 is 0. The van der Waals surface area contributed by atoms with E-state index in [4.69, 9.17) is 0 Å². The molecule has 2 aliphatic heterocycles. The average molecular weight is 279 g/mol. The van der Waals surface area contributed by atoms with Crippen LogP contribution in [0.3, 0.4) is 0 Å². The minimum Gasteiger partial charge on any atom is -0.367 e. The van der Waals surface area contributed by atoms with Crippen LogP contribution >= 0.6 is 0 Å². The number of fused-ring (bicyclic) bond motifs is 1. The highest BCUT2D eigenvalue weighted by Gasteiger charge is 2.38. The first-order valence-corrected chi connectivity index (χ1v) is 7.62. The quantitative estimate of drug-likeness (QED) is 0.786. The van der Waals surface area contributed by atoms with Crippen LogP contribution in [-0.2, 0) is 0 Å². The van der Waals surface area contributed by atoms with E-state index in [2.05, 4.69) is 41.3 Å². The Labute approximate surface area is 124 Å². The van der Waals surface area contributed by atoms with Gasteiger partial charge in [-0.1, -0.05) is 48.5 Å². The normalized spacial score (nSPS) is 24.0. The van der Waals surface area contributed by atoms with Crippen LogP contribution in [0.4, 0.5) is 4.39 Å². The summed E-state index contributed by atoms with van der Waals surface area (Å²) in [5.41, 5.74) is 3.85. The highest BCUT2D eigenvalue weighted by molar-refractivity contribution is 5.69. The molecule has 1 fully saturated rings. The van der Waals surface area contributed by atoms with E-state index >= 15 is 0 Å². The Kier molecular flexibility index (Phi) is 3.03. The molecule has 0 saturated carbocycles. The molecule has 0 aromatic heterocycles. The molecule has 21 heavy (non-hydrogen) atoms. The van der Waals surface area contributed by atoms with Crippen molar-refractivity contribution in [2.24, 2.45) is 0 Å². The van der Waals surface area contributed by atoms with Gasteiger partial charge in [-0.05, 0) is 36.1 Å². The largest absolute Gasteiger partial charge is 0.367 e. The Morgan fingerprint density at radius 2 is 1.71 bits per heavy atom. The summed E-state index contributed by atoms with van der Waals surface area (Å²) in [5, 5.41) is 0. The van der Waals surface area contributed by atoms with Crippen molar-refractivity contribution in [3.05, 3.63) is 77.6 Å². The van der Waals surface area contributed by atoms with Gasteiger partial charge in [-0.2, -0.15) is 0 Å². The molecule has 2 aliphatic rings. The van der Waals surface area contributed by atoms with E-state index in [0.29, 0.717) is 12.0 Å². The number of hydrogen-bond donors (Lipinski definition) is 0. The lowest BCUT2D eigenvalue weighted by Gasteiger charge is -2.25. The molecule has 0 spiro atoms. The van der Waals surface area contributed by atoms with E-state index in [1.54, 1.807) is 12.1 Å². The SMILES string of the molecule is Fc1ccc([C@H]2C=C(c3ccccc3)N3CCC[C@@H]23)cc1. The van der Waals surface area contributed by atoms with Crippen LogP contribution in [0.1, 0.15) is 29.9 Å². The van der Waals surface area contributed by atoms with Gasteiger partial charge < -0.3 is 4.90 Å². The lowest BCUT2D eigenvalue weighted by Crippen LogP contribution is -2.26. The van der Waals surface area contributed by atoms with Crippen molar-refractivity contribution in [1.29, 1.82) is 0 Å². The maximum Gasteiger partial charge on any atom is 0.123 e. The van der Waals surface area contributed by atoms with Gasteiger partial charge >= 0.3 is 0 Å². The first-order valence-electron chi connectivity index (χ1n) is 7.62. The molecule has 2 aromatic rings. The van der Waals surface area contributed by atoms with E-state index in [-0.39, 0.29) is 5.82 Å². The predicted molar refractivity (Wildman–Crippen MR) is 83.3 cm³/mol. The summed E-state index contributed by atoms with van der Waals surface area (Å²) < 4.78 is 13.2. The van der Waals surface area contributed by atoms with E-state index in [0.717, 1.165) is 6.54 Å². The minimum atomic E-state index is -0.160. The van der Waals surface area contributed by atoms with Gasteiger partial charge in [0.15, 0.2) is 0 Å². The maximum absolute atomic E-state index is 13.2. The summed E-state index contributed by atoms with van der Waals surface area (Å²) in [6.07, 6.45) is 4.83. The van der Waals surface area contributed by atoms with Gasteiger partial charge in [-0.3, -0.25) is 0 Å². The Balaban J connectivity index is 1.74. The van der Waals surface area contributed by atoms with Gasteiger partial charge in [0.1, 0.15) is 5.82 Å². The molecule has 0 amide bonds. The molecule has 0 aliphatic carbocycles. The van der Waals surface area contributed by atoms with Crippen molar-refractivity contribution in [3.63, 3.8) is 0 Å². The van der Waals surface area contributed by atoms with Gasteiger partial charge in [0.05, 0.1) is 0 Å². The van der Waals surface area contributed by atoms with Crippen molar-refractivity contribution in [3.8, 4) is 0 Å². The number of benzene rings is 2. The molecular formula is C19H18FN. The van der Waals surface area contributed by atoms with Gasteiger partial charge in [0.2, 0.25) is 0 Å². The van der Waals surface area contributed by atoms with Gasteiger partial charge in [-0.25, -0.2) is 4.39 Å². The summed E-state index contributed by atoms with van der Waals surface area (Å²) in [6.45, 7) is 1.13. The molecule has 0 N–H and O–H groups in total. The maximum atomic E-state index is 13.2. The van der Waals surface area contributed by atoms with E-state index in [1.807, 2.05) is 12.1 Å². The topological polar surface area (TPSA) is 3.24 Å². The van der Waals surface area contributed by atoms with Crippen molar-refractivity contribution in [1.82, 2.24) is 4.90 Å². The second-order valence-electron chi connectivity index (χ2n) is 5.90. The van der Waals surface area contributed by atoms with E-state index < -0.39 is 0 Å². The number of rotatable bonds is 2. The number of nitrogens with zero attached hydrogens (tertiary/aromatic N) is 1. The average Bonchev–Trinajstić information content (AvgIpc) is 3.11. The van der Waals surface area contributed by atoms with Crippen LogP contribution in [0.15, 0.2) is 60.7 Å². The molecular weight excluding hydrogens is 261 g/mol. The summed E-state index contributed by atoms with van der Waals surface area (Å²) in [5.74, 6) is 0.218. The molecule has 4 rings (SSSR count). The second-order valence-corrected chi connectivity index (χ2v) is 5.90. The first-order chi connectivity index (χ1) is 10.3. The monoisotopic (exact) mass is 279 g/mol. The predicted octanol–water partition coefficient (Wildman–Crippen LogP) is 4.43. The summed E-state index contributed by atoms with van der Waals surface area (Å²) in [7, 11) is 0. The zero-order valence-electron chi connectivity index (χ0n) is 11.9. The number of halogens is 1. The van der Waals surface area contributed by atoms with Crippen molar-refractivity contribution in [2.45, 2.75) is 24.8 Å². The standard InChI is InChI=1S/C19H18FN/c20-16-10-8-14(9-11-16)17-13-19(15-5-2-1-3-6-15)21-12-4-7-18(17)21/h1-3,5-6,8-11,13,17-18H,4,7,12H2/t17-,18+/m1/s1. The highest BCUT2D eigenvalue weighted by Crippen LogP contribution is 2.44. The van der Waals surface area contributed by atoms with Crippen molar-refractivity contribution >= 4 is 5.70 Å². The summed E-state index contributed by atoms with van der Waals surface area (Å²) in [4.78, 5) is 2.53. The van der Waals surface area contributed by atoms with Crippen LogP contribution in [0.5, 0.6) is 0 Å². The third kappa shape index (κ3) is 2.15. The Bertz CT molecular complexity index is 660. The zero-order valence-corrected chi connectivity index (χ0v) is 11.9. The van der Waals surface area contributed by atoms with Crippen LogP contribution in [-0.4, -0.2) is 17.5 Å². The van der Waals surface area contributed by atoms with Crippen LogP contribution in [0.2, 0.25) is 0 Å². The fourth-order valence-electron chi connectivity index (χ4n) is 3.72. The van der Waals surface area contributed by atoms with E-state index in [9.17, 15) is 4.39 Å². The third-order valence-corrected chi connectivity index (χ3v) is 4.69. The van der Waals surface area contributed by atoms with Gasteiger partial charge in [-0.15, -0.1) is 0 Å². The molecule has 106 valence electrons. The fraction of sp³-hybridized carbons (Fsp3) is 0.263. The molecule has 1 nitrogen and oxygen atoms in total. The van der Waals surface area contributed by atoms with Gasteiger partial charge in [0.25, 0.3) is 0 Å². The molecule has 2 aromatic carbocycles. The second kappa shape index (κ2) is 5.03. The smallest absolute Gasteiger partial charge is 0.123 e. The molecule has 0 bridgehead atoms. The lowest BCUT2D eigenvalue weighted by atomic mass is 9.91. The number of hydrogen-bond acceptors (Lipinski definition) is 1. The Morgan fingerprint density at radius 3 is 2.48 bits per heavy atom. The van der Waals surface area contributed by atoms with Crippen LogP contribution in [0, 0.1) is 5.82 Å². The summed E-state index contributed by atoms with van der Waals surface area (Å²) in [6, 6.07) is 18.1. The fourth-order valence-corrected chi connectivity index (χ4v) is 3.72. The zero-order chi connectivity index (χ0) is 14.2. The van der Waals surface area contributed by atoms with Crippen LogP contribution in [0.25, 0.3) is 5.70 Å². The molecule has 2 heteroatoms. The molecule has 2 atom stereocenters.